The summed E-state index contributed by atoms with van der Waals surface area (Å²) in [6.45, 7) is 3.46. The molecule has 22 heavy (non-hydrogen) atoms. The Bertz CT molecular complexity index is 703. The molecule has 0 aliphatic heterocycles. The van der Waals surface area contributed by atoms with E-state index in [1.54, 1.807) is 30.3 Å². The first kappa shape index (κ1) is 15.5. The van der Waals surface area contributed by atoms with Gasteiger partial charge in [0.2, 0.25) is 11.8 Å². The molecule has 0 atom stereocenters. The standard InChI is InChI=1S/C18H18N2O2/c1-13-6-8-15(9-7-13)10-11-18(22)20-17-5-3-4-16(12-17)19-14(2)21/h3-12H,1-2H3,(H,19,21)(H,20,22)/b11-10+. The van der Waals surface area contributed by atoms with Gasteiger partial charge in [0.05, 0.1) is 0 Å². The number of carbonyl (C=O) groups is 2. The minimum atomic E-state index is -0.222. The Kier molecular flexibility index (Phi) is 5.09. The zero-order valence-electron chi connectivity index (χ0n) is 12.6. The highest BCUT2D eigenvalue weighted by Crippen LogP contribution is 2.15. The molecular formula is C18H18N2O2. The quantitative estimate of drug-likeness (QED) is 0.846. The van der Waals surface area contributed by atoms with Crippen molar-refractivity contribution in [2.75, 3.05) is 10.6 Å². The minimum Gasteiger partial charge on any atom is -0.326 e. The number of benzene rings is 2. The molecule has 2 aromatic rings. The second-order valence-electron chi connectivity index (χ2n) is 5.00. The second kappa shape index (κ2) is 7.22. The second-order valence-corrected chi connectivity index (χ2v) is 5.00. The molecule has 0 bridgehead atoms. The van der Waals surface area contributed by atoms with E-state index in [9.17, 15) is 9.59 Å². The fraction of sp³-hybridized carbons (Fsp3) is 0.111. The molecule has 0 aliphatic carbocycles. The van der Waals surface area contributed by atoms with Crippen LogP contribution in [0.2, 0.25) is 0 Å². The Hall–Kier alpha value is -2.88. The number of carbonyl (C=O) groups excluding carboxylic acids is 2. The van der Waals surface area contributed by atoms with Gasteiger partial charge >= 0.3 is 0 Å². The Balaban J connectivity index is 1.99. The van der Waals surface area contributed by atoms with E-state index in [0.717, 1.165) is 5.56 Å². The summed E-state index contributed by atoms with van der Waals surface area (Å²) in [5.41, 5.74) is 3.42. The first-order valence-corrected chi connectivity index (χ1v) is 6.96. The van der Waals surface area contributed by atoms with Gasteiger partial charge in [-0.1, -0.05) is 35.9 Å². The molecule has 2 N–H and O–H groups in total. The summed E-state index contributed by atoms with van der Waals surface area (Å²) < 4.78 is 0. The van der Waals surface area contributed by atoms with Crippen LogP contribution in [0.5, 0.6) is 0 Å². The zero-order valence-corrected chi connectivity index (χ0v) is 12.6. The third-order valence-corrected chi connectivity index (χ3v) is 2.95. The van der Waals surface area contributed by atoms with Gasteiger partial charge in [0.15, 0.2) is 0 Å². The lowest BCUT2D eigenvalue weighted by Gasteiger charge is -2.06. The summed E-state index contributed by atoms with van der Waals surface area (Å²) in [4.78, 5) is 22.9. The molecule has 0 saturated heterocycles. The third kappa shape index (κ3) is 4.90. The van der Waals surface area contributed by atoms with E-state index >= 15 is 0 Å². The van der Waals surface area contributed by atoms with Gasteiger partial charge in [-0.25, -0.2) is 0 Å². The fourth-order valence-electron chi connectivity index (χ4n) is 1.91. The van der Waals surface area contributed by atoms with Crippen LogP contribution < -0.4 is 10.6 Å². The van der Waals surface area contributed by atoms with Gasteiger partial charge in [-0.05, 0) is 36.8 Å². The molecule has 0 fully saturated rings. The number of hydrogen-bond donors (Lipinski definition) is 2. The zero-order chi connectivity index (χ0) is 15.9. The summed E-state index contributed by atoms with van der Waals surface area (Å²) in [5, 5.41) is 5.43. The lowest BCUT2D eigenvalue weighted by Crippen LogP contribution is -2.09. The maximum absolute atomic E-state index is 11.9. The minimum absolute atomic E-state index is 0.150. The Morgan fingerprint density at radius 3 is 2.23 bits per heavy atom. The summed E-state index contributed by atoms with van der Waals surface area (Å²) in [6.07, 6.45) is 3.24. The predicted molar refractivity (Wildman–Crippen MR) is 89.6 cm³/mol. The molecule has 0 heterocycles. The average Bonchev–Trinajstić information content (AvgIpc) is 2.46. The molecule has 0 aliphatic rings. The van der Waals surface area contributed by atoms with Crippen molar-refractivity contribution in [3.05, 3.63) is 65.7 Å². The maximum atomic E-state index is 11.9. The Morgan fingerprint density at radius 2 is 1.59 bits per heavy atom. The molecule has 0 radical (unpaired) electrons. The van der Waals surface area contributed by atoms with E-state index in [1.807, 2.05) is 31.2 Å². The van der Waals surface area contributed by atoms with Gasteiger partial charge < -0.3 is 10.6 Å². The van der Waals surface area contributed by atoms with Crippen LogP contribution in [0.1, 0.15) is 18.1 Å². The molecule has 2 rings (SSSR count). The first-order chi connectivity index (χ1) is 10.5. The van der Waals surface area contributed by atoms with Crippen molar-refractivity contribution in [2.24, 2.45) is 0 Å². The van der Waals surface area contributed by atoms with Crippen LogP contribution >= 0.6 is 0 Å². The van der Waals surface area contributed by atoms with Crippen molar-refractivity contribution in [1.82, 2.24) is 0 Å². The smallest absolute Gasteiger partial charge is 0.248 e. The molecule has 0 aromatic heterocycles. The van der Waals surface area contributed by atoms with Crippen molar-refractivity contribution < 1.29 is 9.59 Å². The molecule has 112 valence electrons. The monoisotopic (exact) mass is 294 g/mol. The highest BCUT2D eigenvalue weighted by Gasteiger charge is 2.00. The fourth-order valence-corrected chi connectivity index (χ4v) is 1.91. The number of rotatable bonds is 4. The molecule has 0 unspecified atom stereocenters. The number of anilines is 2. The van der Waals surface area contributed by atoms with E-state index in [1.165, 1.54) is 18.6 Å². The van der Waals surface area contributed by atoms with Gasteiger partial charge in [0, 0.05) is 24.4 Å². The summed E-state index contributed by atoms with van der Waals surface area (Å²) in [5.74, 6) is -0.372. The van der Waals surface area contributed by atoms with Gasteiger partial charge in [-0.2, -0.15) is 0 Å². The SMILES string of the molecule is CC(=O)Nc1cccc(NC(=O)/C=C/c2ccc(C)cc2)c1. The lowest BCUT2D eigenvalue weighted by atomic mass is 10.1. The van der Waals surface area contributed by atoms with Gasteiger partial charge in [0.1, 0.15) is 0 Å². The van der Waals surface area contributed by atoms with E-state index in [0.29, 0.717) is 11.4 Å². The van der Waals surface area contributed by atoms with Crippen LogP contribution in [0.3, 0.4) is 0 Å². The van der Waals surface area contributed by atoms with Crippen molar-refractivity contribution in [3.8, 4) is 0 Å². The summed E-state index contributed by atoms with van der Waals surface area (Å²) in [6, 6.07) is 14.9. The van der Waals surface area contributed by atoms with E-state index in [4.69, 9.17) is 0 Å². The highest BCUT2D eigenvalue weighted by atomic mass is 16.2. The largest absolute Gasteiger partial charge is 0.326 e. The highest BCUT2D eigenvalue weighted by molar-refractivity contribution is 6.02. The summed E-state index contributed by atoms with van der Waals surface area (Å²) in [7, 11) is 0. The molecule has 2 amide bonds. The average molecular weight is 294 g/mol. The van der Waals surface area contributed by atoms with Crippen molar-refractivity contribution in [3.63, 3.8) is 0 Å². The van der Waals surface area contributed by atoms with Crippen molar-refractivity contribution in [2.45, 2.75) is 13.8 Å². The van der Waals surface area contributed by atoms with Crippen LogP contribution in [-0.4, -0.2) is 11.8 Å². The third-order valence-electron chi connectivity index (χ3n) is 2.95. The lowest BCUT2D eigenvalue weighted by molar-refractivity contribution is -0.114. The van der Waals surface area contributed by atoms with Crippen LogP contribution in [0, 0.1) is 6.92 Å². The van der Waals surface area contributed by atoms with E-state index in [-0.39, 0.29) is 11.8 Å². The van der Waals surface area contributed by atoms with E-state index < -0.39 is 0 Å². The molecule has 4 heteroatoms. The number of hydrogen-bond acceptors (Lipinski definition) is 2. The molecule has 2 aromatic carbocycles. The van der Waals surface area contributed by atoms with Crippen LogP contribution in [0.15, 0.2) is 54.6 Å². The van der Waals surface area contributed by atoms with Gasteiger partial charge in [-0.15, -0.1) is 0 Å². The Morgan fingerprint density at radius 1 is 0.955 bits per heavy atom. The number of amides is 2. The molecule has 0 spiro atoms. The molecule has 4 nitrogen and oxygen atoms in total. The normalized spacial score (nSPS) is 10.5. The van der Waals surface area contributed by atoms with Gasteiger partial charge in [0.25, 0.3) is 0 Å². The first-order valence-electron chi connectivity index (χ1n) is 6.96. The van der Waals surface area contributed by atoms with Crippen LogP contribution in [-0.2, 0) is 9.59 Å². The number of aryl methyl sites for hydroxylation is 1. The predicted octanol–water partition coefficient (Wildman–Crippen LogP) is 3.61. The van der Waals surface area contributed by atoms with Crippen molar-refractivity contribution in [1.29, 1.82) is 0 Å². The maximum Gasteiger partial charge on any atom is 0.248 e. The molecular weight excluding hydrogens is 276 g/mol. The van der Waals surface area contributed by atoms with Crippen LogP contribution in [0.25, 0.3) is 6.08 Å². The topological polar surface area (TPSA) is 58.2 Å². The van der Waals surface area contributed by atoms with Gasteiger partial charge in [-0.3, -0.25) is 9.59 Å². The van der Waals surface area contributed by atoms with E-state index in [2.05, 4.69) is 10.6 Å². The van der Waals surface area contributed by atoms with Crippen molar-refractivity contribution >= 4 is 29.3 Å². The Labute approximate surface area is 129 Å². The molecule has 0 saturated carbocycles. The van der Waals surface area contributed by atoms with Crippen LogP contribution in [0.4, 0.5) is 11.4 Å². The number of nitrogens with one attached hydrogen (secondary N) is 2. The summed E-state index contributed by atoms with van der Waals surface area (Å²) >= 11 is 0.